The van der Waals surface area contributed by atoms with E-state index >= 15 is 0 Å². The number of thioether (sulfide) groups is 1. The molecule has 1 aliphatic rings. The van der Waals surface area contributed by atoms with Crippen molar-refractivity contribution >= 4 is 27.7 Å². The maximum absolute atomic E-state index is 12.2. The molecule has 5 nitrogen and oxygen atoms in total. The molecular weight excluding hydrogens is 284 g/mol. The summed E-state index contributed by atoms with van der Waals surface area (Å²) in [5, 5.41) is 2.96. The Bertz CT molecular complexity index is 378. The van der Waals surface area contributed by atoms with Gasteiger partial charge in [-0.2, -0.15) is 11.8 Å². The second kappa shape index (κ2) is 8.11. The minimum Gasteiger partial charge on any atom is -0.352 e. The van der Waals surface area contributed by atoms with Crippen LogP contribution in [0.5, 0.6) is 0 Å². The molecule has 2 N–H and O–H groups in total. The molecule has 0 aromatic rings. The molecule has 0 aromatic carbocycles. The van der Waals surface area contributed by atoms with Crippen LogP contribution in [0.1, 0.15) is 39.0 Å². The van der Waals surface area contributed by atoms with Crippen LogP contribution in [0.4, 0.5) is 0 Å². The van der Waals surface area contributed by atoms with Crippen LogP contribution in [0.3, 0.4) is 0 Å². The number of carbonyl (C=O) groups excluding carboxylic acids is 1. The van der Waals surface area contributed by atoms with E-state index in [4.69, 9.17) is 0 Å². The van der Waals surface area contributed by atoms with Gasteiger partial charge < -0.3 is 5.32 Å². The minimum absolute atomic E-state index is 0.000519. The van der Waals surface area contributed by atoms with E-state index in [-0.39, 0.29) is 17.7 Å². The first-order valence-electron chi connectivity index (χ1n) is 6.78. The lowest BCUT2D eigenvalue weighted by Gasteiger charge is -2.20. The number of nitrogens with one attached hydrogen (secondary N) is 2. The van der Waals surface area contributed by atoms with Gasteiger partial charge in [-0.05, 0) is 38.2 Å². The zero-order chi connectivity index (χ0) is 14.3. The van der Waals surface area contributed by atoms with Crippen LogP contribution in [0.15, 0.2) is 0 Å². The van der Waals surface area contributed by atoms with E-state index in [0.29, 0.717) is 6.42 Å². The van der Waals surface area contributed by atoms with Gasteiger partial charge in [-0.15, -0.1) is 0 Å². The van der Waals surface area contributed by atoms with Crippen LogP contribution in [-0.2, 0) is 14.8 Å². The van der Waals surface area contributed by atoms with Crippen molar-refractivity contribution in [1.29, 1.82) is 0 Å². The third kappa shape index (κ3) is 6.14. The van der Waals surface area contributed by atoms with E-state index in [1.807, 2.05) is 6.26 Å². The summed E-state index contributed by atoms with van der Waals surface area (Å²) in [4.78, 5) is 12.2. The molecule has 1 aliphatic carbocycles. The first-order valence-corrected chi connectivity index (χ1v) is 9.82. The van der Waals surface area contributed by atoms with Crippen molar-refractivity contribution in [3.8, 4) is 0 Å². The van der Waals surface area contributed by atoms with Crippen molar-refractivity contribution in [2.45, 2.75) is 51.1 Å². The molecular formula is C12H24N2O3S2. The quantitative estimate of drug-likeness (QED) is 0.704. The molecule has 0 bridgehead atoms. The predicted octanol–water partition coefficient (Wildman–Crippen LogP) is 1.11. The van der Waals surface area contributed by atoms with Gasteiger partial charge in [0.05, 0.1) is 5.75 Å². The fourth-order valence-electron chi connectivity index (χ4n) is 2.15. The van der Waals surface area contributed by atoms with E-state index in [1.165, 1.54) is 0 Å². The predicted molar refractivity (Wildman–Crippen MR) is 79.8 cm³/mol. The highest BCUT2D eigenvalue weighted by Crippen LogP contribution is 2.18. The molecule has 1 unspecified atom stereocenters. The van der Waals surface area contributed by atoms with Crippen molar-refractivity contribution in [2.24, 2.45) is 0 Å². The second-order valence-corrected chi connectivity index (χ2v) is 7.87. The standard InChI is InChI=1S/C12H24N2O3S2/c1-3-19(16,17)14-11(8-9-18-2)12(15)13-10-6-4-5-7-10/h10-11,14H,3-9H2,1-2H3,(H,13,15). The van der Waals surface area contributed by atoms with Crippen molar-refractivity contribution in [2.75, 3.05) is 17.8 Å². The highest BCUT2D eigenvalue weighted by molar-refractivity contribution is 7.98. The summed E-state index contributed by atoms with van der Waals surface area (Å²) in [6.45, 7) is 1.57. The molecule has 1 amide bonds. The summed E-state index contributed by atoms with van der Waals surface area (Å²) in [5.74, 6) is 0.576. The average molecular weight is 308 g/mol. The molecule has 1 fully saturated rings. The Morgan fingerprint density at radius 1 is 1.37 bits per heavy atom. The summed E-state index contributed by atoms with van der Waals surface area (Å²) < 4.78 is 25.7. The first kappa shape index (κ1) is 16.8. The molecule has 112 valence electrons. The van der Waals surface area contributed by atoms with Gasteiger partial charge in [0.15, 0.2) is 0 Å². The normalized spacial score (nSPS) is 18.4. The van der Waals surface area contributed by atoms with Gasteiger partial charge in [0.25, 0.3) is 0 Å². The van der Waals surface area contributed by atoms with E-state index in [1.54, 1.807) is 18.7 Å². The molecule has 0 saturated heterocycles. The highest BCUT2D eigenvalue weighted by atomic mass is 32.2. The lowest BCUT2D eigenvalue weighted by atomic mass is 10.2. The van der Waals surface area contributed by atoms with Gasteiger partial charge in [-0.1, -0.05) is 12.8 Å². The maximum atomic E-state index is 12.2. The molecule has 0 aromatic heterocycles. The lowest BCUT2D eigenvalue weighted by Crippen LogP contribution is -2.49. The fourth-order valence-corrected chi connectivity index (χ4v) is 3.45. The van der Waals surface area contributed by atoms with Gasteiger partial charge in [0.2, 0.25) is 15.9 Å². The third-order valence-corrected chi connectivity index (χ3v) is 5.38. The Balaban J connectivity index is 2.58. The van der Waals surface area contributed by atoms with Gasteiger partial charge in [0, 0.05) is 6.04 Å². The number of amides is 1. The van der Waals surface area contributed by atoms with E-state index in [0.717, 1.165) is 31.4 Å². The Morgan fingerprint density at radius 2 is 2.00 bits per heavy atom. The van der Waals surface area contributed by atoms with E-state index < -0.39 is 16.1 Å². The summed E-state index contributed by atoms with van der Waals surface area (Å²) >= 11 is 1.61. The van der Waals surface area contributed by atoms with Crippen molar-refractivity contribution < 1.29 is 13.2 Å². The van der Waals surface area contributed by atoms with Crippen LogP contribution < -0.4 is 10.0 Å². The molecule has 7 heteroatoms. The van der Waals surface area contributed by atoms with Crippen LogP contribution >= 0.6 is 11.8 Å². The Hall–Kier alpha value is -0.270. The van der Waals surface area contributed by atoms with Gasteiger partial charge in [-0.25, -0.2) is 13.1 Å². The monoisotopic (exact) mass is 308 g/mol. The number of carbonyl (C=O) groups is 1. The molecule has 0 heterocycles. The van der Waals surface area contributed by atoms with Crippen molar-refractivity contribution in [1.82, 2.24) is 10.0 Å². The van der Waals surface area contributed by atoms with Gasteiger partial charge in [0.1, 0.15) is 6.04 Å². The smallest absolute Gasteiger partial charge is 0.238 e. The SMILES string of the molecule is CCS(=O)(=O)NC(CCSC)C(=O)NC1CCCC1. The Kier molecular flexibility index (Phi) is 7.17. The van der Waals surface area contributed by atoms with Gasteiger partial charge in [-0.3, -0.25) is 4.79 Å². The van der Waals surface area contributed by atoms with Crippen LogP contribution in [-0.4, -0.2) is 44.2 Å². The average Bonchev–Trinajstić information content (AvgIpc) is 2.87. The van der Waals surface area contributed by atoms with Crippen molar-refractivity contribution in [3.63, 3.8) is 0 Å². The molecule has 1 rings (SSSR count). The molecule has 0 spiro atoms. The van der Waals surface area contributed by atoms with Crippen molar-refractivity contribution in [3.05, 3.63) is 0 Å². The third-order valence-electron chi connectivity index (χ3n) is 3.33. The van der Waals surface area contributed by atoms with Crippen LogP contribution in [0, 0.1) is 0 Å². The van der Waals surface area contributed by atoms with Gasteiger partial charge >= 0.3 is 0 Å². The summed E-state index contributed by atoms with van der Waals surface area (Å²) in [6.07, 6.45) is 6.75. The zero-order valence-corrected chi connectivity index (χ0v) is 13.3. The first-order chi connectivity index (χ1) is 8.98. The zero-order valence-electron chi connectivity index (χ0n) is 11.6. The van der Waals surface area contributed by atoms with E-state index in [9.17, 15) is 13.2 Å². The molecule has 0 radical (unpaired) electrons. The Labute approximate surface area is 120 Å². The van der Waals surface area contributed by atoms with E-state index in [2.05, 4.69) is 10.0 Å². The number of sulfonamides is 1. The number of hydrogen-bond donors (Lipinski definition) is 2. The fraction of sp³-hybridized carbons (Fsp3) is 0.917. The van der Waals surface area contributed by atoms with Crippen LogP contribution in [0.25, 0.3) is 0 Å². The number of hydrogen-bond acceptors (Lipinski definition) is 4. The number of rotatable bonds is 8. The largest absolute Gasteiger partial charge is 0.352 e. The minimum atomic E-state index is -3.35. The van der Waals surface area contributed by atoms with Crippen LogP contribution in [0.2, 0.25) is 0 Å². The summed E-state index contributed by atoms with van der Waals surface area (Å²) in [5.41, 5.74) is 0. The highest BCUT2D eigenvalue weighted by Gasteiger charge is 2.26. The lowest BCUT2D eigenvalue weighted by molar-refractivity contribution is -0.123. The molecule has 0 aliphatic heterocycles. The molecule has 1 saturated carbocycles. The Morgan fingerprint density at radius 3 is 2.53 bits per heavy atom. The maximum Gasteiger partial charge on any atom is 0.238 e. The summed E-state index contributed by atoms with van der Waals surface area (Å²) in [7, 11) is -3.35. The molecule has 1 atom stereocenters. The summed E-state index contributed by atoms with van der Waals surface area (Å²) in [6, 6.07) is -0.423. The second-order valence-electron chi connectivity index (χ2n) is 4.85. The molecule has 19 heavy (non-hydrogen) atoms. The topological polar surface area (TPSA) is 75.3 Å².